The molecule has 0 spiro atoms. The molecule has 0 aliphatic heterocycles. The first-order valence-corrected chi connectivity index (χ1v) is 9.09. The maximum atomic E-state index is 12.3. The maximum Gasteiger partial charge on any atom is 0.291 e. The van der Waals surface area contributed by atoms with Gasteiger partial charge in [-0.1, -0.05) is 11.6 Å². The highest BCUT2D eigenvalue weighted by Crippen LogP contribution is 2.20. The maximum absolute atomic E-state index is 12.3. The standard InChI is InChI=1S/C20H16ClN5O3/c1-26-15-6-5-13(24-20(28)16-3-2-8-29-16)9-14(15)25-18(26)11-23-19(27)12-4-7-17(21)22-10-12/h2-10H,11H2,1H3,(H,23,27)(H,24,28). The molecule has 0 fully saturated rings. The fourth-order valence-electron chi connectivity index (χ4n) is 2.86. The topological polar surface area (TPSA) is 102 Å². The van der Waals surface area contributed by atoms with Gasteiger partial charge >= 0.3 is 0 Å². The molecule has 0 radical (unpaired) electrons. The van der Waals surface area contributed by atoms with Crippen LogP contribution in [0, 0.1) is 0 Å². The van der Waals surface area contributed by atoms with Crippen LogP contribution in [0.15, 0.2) is 59.3 Å². The number of benzene rings is 1. The van der Waals surface area contributed by atoms with Crippen molar-refractivity contribution in [2.45, 2.75) is 6.54 Å². The molecule has 0 saturated carbocycles. The van der Waals surface area contributed by atoms with Crippen molar-refractivity contribution in [3.8, 4) is 0 Å². The molecule has 4 aromatic rings. The molecule has 0 aliphatic rings. The lowest BCUT2D eigenvalue weighted by Crippen LogP contribution is -2.24. The van der Waals surface area contributed by atoms with Gasteiger partial charge in [0.05, 0.1) is 29.4 Å². The molecule has 0 aliphatic carbocycles. The normalized spacial score (nSPS) is 10.8. The van der Waals surface area contributed by atoms with Crippen LogP contribution in [0.4, 0.5) is 5.69 Å². The van der Waals surface area contributed by atoms with Crippen molar-refractivity contribution < 1.29 is 14.0 Å². The summed E-state index contributed by atoms with van der Waals surface area (Å²) in [4.78, 5) is 32.8. The van der Waals surface area contributed by atoms with Crippen LogP contribution in [-0.4, -0.2) is 26.3 Å². The number of nitrogens with one attached hydrogen (secondary N) is 2. The predicted molar refractivity (Wildman–Crippen MR) is 108 cm³/mol. The predicted octanol–water partition coefficient (Wildman–Crippen LogP) is 3.40. The summed E-state index contributed by atoms with van der Waals surface area (Å²) >= 11 is 5.74. The lowest BCUT2D eigenvalue weighted by atomic mass is 10.2. The highest BCUT2D eigenvalue weighted by Gasteiger charge is 2.13. The van der Waals surface area contributed by atoms with E-state index in [2.05, 4.69) is 20.6 Å². The van der Waals surface area contributed by atoms with E-state index >= 15 is 0 Å². The molecule has 0 atom stereocenters. The third-order valence-electron chi connectivity index (χ3n) is 4.37. The van der Waals surface area contributed by atoms with Crippen molar-refractivity contribution in [2.75, 3.05) is 5.32 Å². The van der Waals surface area contributed by atoms with E-state index in [0.29, 0.717) is 27.7 Å². The summed E-state index contributed by atoms with van der Waals surface area (Å²) in [5.74, 6) is 0.290. The van der Waals surface area contributed by atoms with Crippen LogP contribution < -0.4 is 10.6 Å². The fraction of sp³-hybridized carbons (Fsp3) is 0.100. The van der Waals surface area contributed by atoms with Gasteiger partial charge in [-0.2, -0.15) is 0 Å². The van der Waals surface area contributed by atoms with Gasteiger partial charge in [-0.05, 0) is 42.5 Å². The Bertz CT molecular complexity index is 1180. The molecular formula is C20H16ClN5O3. The minimum Gasteiger partial charge on any atom is -0.459 e. The first kappa shape index (κ1) is 18.7. The molecular weight excluding hydrogens is 394 g/mol. The zero-order valence-electron chi connectivity index (χ0n) is 15.3. The van der Waals surface area contributed by atoms with Gasteiger partial charge in [0.2, 0.25) is 0 Å². The summed E-state index contributed by atoms with van der Waals surface area (Å²) in [7, 11) is 1.86. The molecule has 8 nitrogen and oxygen atoms in total. The molecule has 2 N–H and O–H groups in total. The van der Waals surface area contributed by atoms with Crippen molar-refractivity contribution in [3.05, 3.63) is 77.2 Å². The number of nitrogens with zero attached hydrogens (tertiary/aromatic N) is 3. The van der Waals surface area contributed by atoms with Gasteiger partial charge in [0.1, 0.15) is 11.0 Å². The average molecular weight is 410 g/mol. The van der Waals surface area contributed by atoms with Crippen molar-refractivity contribution in [2.24, 2.45) is 7.05 Å². The molecule has 146 valence electrons. The van der Waals surface area contributed by atoms with E-state index < -0.39 is 0 Å². The number of hydrogen-bond acceptors (Lipinski definition) is 5. The van der Waals surface area contributed by atoms with Crippen LogP contribution >= 0.6 is 11.6 Å². The Balaban J connectivity index is 1.49. The van der Waals surface area contributed by atoms with Crippen LogP contribution in [0.5, 0.6) is 0 Å². The van der Waals surface area contributed by atoms with Gasteiger partial charge in [-0.25, -0.2) is 9.97 Å². The van der Waals surface area contributed by atoms with Gasteiger partial charge < -0.3 is 19.6 Å². The molecule has 29 heavy (non-hydrogen) atoms. The van der Waals surface area contributed by atoms with Crippen molar-refractivity contribution in [1.82, 2.24) is 19.9 Å². The summed E-state index contributed by atoms with van der Waals surface area (Å²) in [6.07, 6.45) is 2.86. The minimum atomic E-state index is -0.339. The molecule has 2 amide bonds. The van der Waals surface area contributed by atoms with E-state index in [9.17, 15) is 9.59 Å². The molecule has 3 aromatic heterocycles. The van der Waals surface area contributed by atoms with Crippen LogP contribution in [-0.2, 0) is 13.6 Å². The second kappa shape index (κ2) is 7.76. The van der Waals surface area contributed by atoms with Gasteiger partial charge in [0, 0.05) is 18.9 Å². The lowest BCUT2D eigenvalue weighted by molar-refractivity contribution is 0.0948. The first-order valence-electron chi connectivity index (χ1n) is 8.71. The number of furan rings is 1. The summed E-state index contributed by atoms with van der Waals surface area (Å²) in [6.45, 7) is 0.237. The van der Waals surface area contributed by atoms with Gasteiger partial charge in [-0.3, -0.25) is 9.59 Å². The summed E-state index contributed by atoms with van der Waals surface area (Å²) in [5, 5.41) is 5.91. The van der Waals surface area contributed by atoms with E-state index in [1.807, 2.05) is 17.7 Å². The Kier molecular flexibility index (Phi) is 5.01. The Morgan fingerprint density at radius 2 is 2.03 bits per heavy atom. The molecule has 4 rings (SSSR count). The summed E-state index contributed by atoms with van der Waals surface area (Å²) in [5.41, 5.74) is 2.58. The van der Waals surface area contributed by atoms with E-state index in [1.54, 1.807) is 36.4 Å². The van der Waals surface area contributed by atoms with E-state index in [4.69, 9.17) is 16.0 Å². The highest BCUT2D eigenvalue weighted by molar-refractivity contribution is 6.29. The third kappa shape index (κ3) is 3.97. The highest BCUT2D eigenvalue weighted by atomic mass is 35.5. The summed E-state index contributed by atoms with van der Waals surface area (Å²) in [6, 6.07) is 11.8. The number of rotatable bonds is 5. The van der Waals surface area contributed by atoms with Crippen molar-refractivity contribution in [3.63, 3.8) is 0 Å². The number of fused-ring (bicyclic) bond motifs is 1. The fourth-order valence-corrected chi connectivity index (χ4v) is 2.97. The number of carbonyl (C=O) groups is 2. The smallest absolute Gasteiger partial charge is 0.291 e. The number of amides is 2. The van der Waals surface area contributed by atoms with Crippen molar-refractivity contribution >= 4 is 40.1 Å². The zero-order chi connectivity index (χ0) is 20.4. The number of aryl methyl sites for hydroxylation is 1. The second-order valence-corrected chi connectivity index (χ2v) is 6.66. The number of hydrogen-bond donors (Lipinski definition) is 2. The molecule has 0 saturated heterocycles. The Morgan fingerprint density at radius 3 is 2.76 bits per heavy atom. The van der Waals surface area contributed by atoms with Gasteiger partial charge in [0.15, 0.2) is 5.76 Å². The number of aromatic nitrogens is 3. The Labute approximate surface area is 170 Å². The minimum absolute atomic E-state index is 0.228. The number of halogens is 1. The molecule has 1 aromatic carbocycles. The third-order valence-corrected chi connectivity index (χ3v) is 4.60. The molecule has 3 heterocycles. The number of anilines is 1. The van der Waals surface area contributed by atoms with Crippen LogP contribution in [0.1, 0.15) is 26.7 Å². The van der Waals surface area contributed by atoms with Gasteiger partial charge in [-0.15, -0.1) is 0 Å². The van der Waals surface area contributed by atoms with E-state index in [0.717, 1.165) is 5.52 Å². The largest absolute Gasteiger partial charge is 0.459 e. The monoisotopic (exact) mass is 409 g/mol. The number of imidazole rings is 1. The van der Waals surface area contributed by atoms with E-state index in [-0.39, 0.29) is 24.1 Å². The van der Waals surface area contributed by atoms with E-state index in [1.165, 1.54) is 12.5 Å². The Morgan fingerprint density at radius 1 is 1.17 bits per heavy atom. The lowest BCUT2D eigenvalue weighted by Gasteiger charge is -2.06. The van der Waals surface area contributed by atoms with Gasteiger partial charge in [0.25, 0.3) is 11.8 Å². The first-order chi connectivity index (χ1) is 14.0. The summed E-state index contributed by atoms with van der Waals surface area (Å²) < 4.78 is 6.97. The SMILES string of the molecule is Cn1c(CNC(=O)c2ccc(Cl)nc2)nc2cc(NC(=O)c3ccco3)ccc21. The van der Waals surface area contributed by atoms with Crippen LogP contribution in [0.2, 0.25) is 5.15 Å². The quantitative estimate of drug-likeness (QED) is 0.492. The van der Waals surface area contributed by atoms with Crippen LogP contribution in [0.25, 0.3) is 11.0 Å². The van der Waals surface area contributed by atoms with Crippen molar-refractivity contribution in [1.29, 1.82) is 0 Å². The molecule has 9 heteroatoms. The Hall–Kier alpha value is -3.65. The average Bonchev–Trinajstić information content (AvgIpc) is 3.35. The number of pyridine rings is 1. The zero-order valence-corrected chi connectivity index (χ0v) is 16.1. The van der Waals surface area contributed by atoms with Crippen LogP contribution in [0.3, 0.4) is 0 Å². The number of carbonyl (C=O) groups excluding carboxylic acids is 2. The second-order valence-electron chi connectivity index (χ2n) is 6.27. The molecule has 0 bridgehead atoms. The molecule has 0 unspecified atom stereocenters.